The molecular formula is C19H15F3N2OS. The van der Waals surface area contributed by atoms with Crippen LogP contribution >= 0.6 is 11.3 Å². The van der Waals surface area contributed by atoms with E-state index >= 15 is 0 Å². The molecule has 0 aliphatic carbocycles. The Morgan fingerprint density at radius 2 is 1.88 bits per heavy atom. The van der Waals surface area contributed by atoms with Crippen LogP contribution in [0, 0.1) is 17.5 Å². The Morgan fingerprint density at radius 3 is 2.65 bits per heavy atom. The zero-order valence-electron chi connectivity index (χ0n) is 13.6. The number of hydrogen-bond donors (Lipinski definition) is 1. The van der Waals surface area contributed by atoms with E-state index < -0.39 is 11.6 Å². The zero-order valence-corrected chi connectivity index (χ0v) is 14.5. The van der Waals surface area contributed by atoms with Crippen molar-refractivity contribution in [3.05, 3.63) is 82.1 Å². The molecule has 1 amide bonds. The molecule has 3 aromatic rings. The monoisotopic (exact) mass is 376 g/mol. The van der Waals surface area contributed by atoms with Gasteiger partial charge >= 0.3 is 0 Å². The predicted octanol–water partition coefficient (Wildman–Crippen LogP) is 4.72. The van der Waals surface area contributed by atoms with E-state index in [2.05, 4.69) is 10.3 Å². The average Bonchev–Trinajstić information content (AvgIpc) is 3.03. The second-order valence-corrected chi connectivity index (χ2v) is 6.85. The van der Waals surface area contributed by atoms with Crippen molar-refractivity contribution in [1.82, 2.24) is 4.98 Å². The number of nitrogens with zero attached hydrogens (tertiary/aromatic N) is 1. The fourth-order valence-electron chi connectivity index (χ4n) is 2.43. The third-order valence-electron chi connectivity index (χ3n) is 3.69. The van der Waals surface area contributed by atoms with Crippen LogP contribution in [0.3, 0.4) is 0 Å². The summed E-state index contributed by atoms with van der Waals surface area (Å²) < 4.78 is 39.2. The number of anilines is 1. The van der Waals surface area contributed by atoms with Crippen LogP contribution < -0.4 is 5.32 Å². The Morgan fingerprint density at radius 1 is 1.04 bits per heavy atom. The van der Waals surface area contributed by atoms with Crippen LogP contribution in [0.1, 0.15) is 22.4 Å². The minimum absolute atomic E-state index is 0.129. The quantitative estimate of drug-likeness (QED) is 0.676. The molecule has 0 saturated carbocycles. The molecule has 1 aromatic heterocycles. The van der Waals surface area contributed by atoms with E-state index in [0.29, 0.717) is 23.5 Å². The molecule has 0 fully saturated rings. The Balaban J connectivity index is 1.53. The van der Waals surface area contributed by atoms with Crippen molar-refractivity contribution in [2.24, 2.45) is 0 Å². The Kier molecular flexibility index (Phi) is 5.68. The zero-order chi connectivity index (χ0) is 18.5. The molecule has 3 nitrogen and oxygen atoms in total. The fourth-order valence-corrected chi connectivity index (χ4v) is 3.29. The highest BCUT2D eigenvalue weighted by molar-refractivity contribution is 7.15. The van der Waals surface area contributed by atoms with E-state index in [1.807, 2.05) is 6.07 Å². The number of rotatable bonds is 6. The highest BCUT2D eigenvalue weighted by Gasteiger charge is 2.09. The lowest BCUT2D eigenvalue weighted by Crippen LogP contribution is -2.12. The summed E-state index contributed by atoms with van der Waals surface area (Å²) in [6.45, 7) is 0. The summed E-state index contributed by atoms with van der Waals surface area (Å²) in [5.74, 6) is -2.39. The van der Waals surface area contributed by atoms with E-state index in [9.17, 15) is 18.0 Å². The molecule has 134 valence electrons. The lowest BCUT2D eigenvalue weighted by Gasteiger charge is -2.03. The standard InChI is InChI=1S/C19H15F3N2OS/c20-14-3-1-2-13(8-14)9-15-11-23-19(26-15)24-18(25)7-5-12-4-6-16(21)17(22)10-12/h1-4,6,8,10-11H,5,7,9H2,(H,23,24,25). The summed E-state index contributed by atoms with van der Waals surface area (Å²) in [6, 6.07) is 9.89. The van der Waals surface area contributed by atoms with Crippen LogP contribution in [-0.4, -0.2) is 10.9 Å². The van der Waals surface area contributed by atoms with Crippen molar-refractivity contribution in [3.63, 3.8) is 0 Å². The molecule has 0 aliphatic heterocycles. The summed E-state index contributed by atoms with van der Waals surface area (Å²) >= 11 is 1.31. The van der Waals surface area contributed by atoms with Crippen molar-refractivity contribution in [2.75, 3.05) is 5.32 Å². The van der Waals surface area contributed by atoms with Gasteiger partial charge in [-0.2, -0.15) is 0 Å². The maximum atomic E-state index is 13.2. The minimum atomic E-state index is -0.926. The molecule has 1 N–H and O–H groups in total. The van der Waals surface area contributed by atoms with Gasteiger partial charge in [-0.1, -0.05) is 18.2 Å². The fraction of sp³-hybridized carbons (Fsp3) is 0.158. The van der Waals surface area contributed by atoms with Crippen molar-refractivity contribution < 1.29 is 18.0 Å². The summed E-state index contributed by atoms with van der Waals surface area (Å²) in [7, 11) is 0. The van der Waals surface area contributed by atoms with E-state index in [0.717, 1.165) is 22.6 Å². The van der Waals surface area contributed by atoms with Gasteiger partial charge in [0.25, 0.3) is 0 Å². The third-order valence-corrected chi connectivity index (χ3v) is 4.60. The normalized spacial score (nSPS) is 10.7. The number of nitrogens with one attached hydrogen (secondary N) is 1. The van der Waals surface area contributed by atoms with Gasteiger partial charge in [0.1, 0.15) is 5.82 Å². The summed E-state index contributed by atoms with van der Waals surface area (Å²) in [5.41, 5.74) is 1.37. The first-order chi connectivity index (χ1) is 12.5. The highest BCUT2D eigenvalue weighted by atomic mass is 32.1. The molecule has 2 aromatic carbocycles. The first-order valence-corrected chi connectivity index (χ1v) is 8.74. The second kappa shape index (κ2) is 8.14. The van der Waals surface area contributed by atoms with Crippen molar-refractivity contribution in [2.45, 2.75) is 19.3 Å². The largest absolute Gasteiger partial charge is 0.302 e. The number of aromatic nitrogens is 1. The number of benzene rings is 2. The SMILES string of the molecule is O=C(CCc1ccc(F)c(F)c1)Nc1ncc(Cc2cccc(F)c2)s1. The Bertz CT molecular complexity index is 927. The molecule has 0 radical (unpaired) electrons. The lowest BCUT2D eigenvalue weighted by atomic mass is 10.1. The van der Waals surface area contributed by atoms with Crippen molar-refractivity contribution in [3.8, 4) is 0 Å². The molecular weight excluding hydrogens is 361 g/mol. The molecule has 3 rings (SSSR count). The van der Waals surface area contributed by atoms with Crippen LogP contribution in [0.15, 0.2) is 48.7 Å². The molecule has 0 saturated heterocycles. The van der Waals surface area contributed by atoms with Crippen LogP contribution in [-0.2, 0) is 17.6 Å². The highest BCUT2D eigenvalue weighted by Crippen LogP contribution is 2.22. The van der Waals surface area contributed by atoms with Gasteiger partial charge in [0, 0.05) is 23.9 Å². The van der Waals surface area contributed by atoms with Crippen LogP contribution in [0.5, 0.6) is 0 Å². The molecule has 26 heavy (non-hydrogen) atoms. The van der Waals surface area contributed by atoms with Gasteiger partial charge in [0.2, 0.25) is 5.91 Å². The van der Waals surface area contributed by atoms with E-state index in [4.69, 9.17) is 0 Å². The first kappa shape index (κ1) is 18.1. The number of halogens is 3. The number of thiazole rings is 1. The average molecular weight is 376 g/mol. The van der Waals surface area contributed by atoms with Crippen LogP contribution in [0.25, 0.3) is 0 Å². The van der Waals surface area contributed by atoms with E-state index in [1.54, 1.807) is 12.3 Å². The predicted molar refractivity (Wildman–Crippen MR) is 94.6 cm³/mol. The number of hydrogen-bond acceptors (Lipinski definition) is 3. The molecule has 0 unspecified atom stereocenters. The molecule has 0 atom stereocenters. The Labute approximate surface area is 152 Å². The number of amides is 1. The van der Waals surface area contributed by atoms with Gasteiger partial charge in [-0.25, -0.2) is 18.2 Å². The molecule has 0 spiro atoms. The third kappa shape index (κ3) is 4.92. The second-order valence-electron chi connectivity index (χ2n) is 5.74. The van der Waals surface area contributed by atoms with Gasteiger partial charge < -0.3 is 5.32 Å². The number of aryl methyl sites for hydroxylation is 1. The smallest absolute Gasteiger partial charge is 0.226 e. The lowest BCUT2D eigenvalue weighted by molar-refractivity contribution is -0.116. The van der Waals surface area contributed by atoms with Gasteiger partial charge in [-0.05, 0) is 41.8 Å². The summed E-state index contributed by atoms with van der Waals surface area (Å²) in [4.78, 5) is 17.0. The number of carbonyl (C=O) groups is 1. The molecule has 7 heteroatoms. The molecule has 1 heterocycles. The molecule has 0 bridgehead atoms. The maximum absolute atomic E-state index is 13.2. The first-order valence-electron chi connectivity index (χ1n) is 7.92. The van der Waals surface area contributed by atoms with Gasteiger partial charge in [0.15, 0.2) is 16.8 Å². The van der Waals surface area contributed by atoms with Crippen LogP contribution in [0.4, 0.5) is 18.3 Å². The topological polar surface area (TPSA) is 42.0 Å². The van der Waals surface area contributed by atoms with Crippen LogP contribution in [0.2, 0.25) is 0 Å². The minimum Gasteiger partial charge on any atom is -0.302 e. The number of carbonyl (C=O) groups excluding carboxylic acids is 1. The molecule has 0 aliphatic rings. The van der Waals surface area contributed by atoms with Gasteiger partial charge in [-0.15, -0.1) is 11.3 Å². The van der Waals surface area contributed by atoms with Gasteiger partial charge in [0.05, 0.1) is 0 Å². The summed E-state index contributed by atoms with van der Waals surface area (Å²) in [6.07, 6.45) is 2.59. The van der Waals surface area contributed by atoms with Gasteiger partial charge in [-0.3, -0.25) is 4.79 Å². The maximum Gasteiger partial charge on any atom is 0.226 e. The van der Waals surface area contributed by atoms with E-state index in [1.165, 1.54) is 29.5 Å². The Hall–Kier alpha value is -2.67. The van der Waals surface area contributed by atoms with Crippen molar-refractivity contribution >= 4 is 22.4 Å². The van der Waals surface area contributed by atoms with E-state index in [-0.39, 0.29) is 18.1 Å². The van der Waals surface area contributed by atoms with Crippen molar-refractivity contribution in [1.29, 1.82) is 0 Å². The summed E-state index contributed by atoms with van der Waals surface area (Å²) in [5, 5.41) is 3.13.